The highest BCUT2D eigenvalue weighted by molar-refractivity contribution is 9.10. The molecule has 0 atom stereocenters. The molecule has 0 heterocycles. The lowest BCUT2D eigenvalue weighted by Gasteiger charge is -2.01. The van der Waals surface area contributed by atoms with E-state index in [1.165, 1.54) is 6.07 Å². The molecule has 0 aromatic heterocycles. The lowest BCUT2D eigenvalue weighted by molar-refractivity contribution is 0.132. The van der Waals surface area contributed by atoms with Gasteiger partial charge in [-0.1, -0.05) is 35.0 Å². The Morgan fingerprint density at radius 1 is 1.21 bits per heavy atom. The molecule has 2 aromatic carbocycles. The molecule has 0 amide bonds. The number of oxime groups is 1. The molecule has 5 heteroatoms. The highest BCUT2D eigenvalue weighted by atomic mass is 79.9. The number of benzene rings is 2. The van der Waals surface area contributed by atoms with Crippen molar-refractivity contribution in [2.24, 2.45) is 5.16 Å². The van der Waals surface area contributed by atoms with Gasteiger partial charge in [-0.3, -0.25) is 0 Å². The Morgan fingerprint density at radius 3 is 2.63 bits per heavy atom. The fourth-order valence-electron chi connectivity index (χ4n) is 1.39. The van der Waals surface area contributed by atoms with Crippen LogP contribution in [-0.2, 0) is 11.4 Å². The first-order valence-corrected chi connectivity index (χ1v) is 6.67. The van der Waals surface area contributed by atoms with Crippen LogP contribution in [0, 0.1) is 5.82 Å². The van der Waals surface area contributed by atoms with Crippen LogP contribution >= 0.6 is 27.5 Å². The van der Waals surface area contributed by atoms with Gasteiger partial charge in [0.1, 0.15) is 12.4 Å². The second-order valence-corrected chi connectivity index (χ2v) is 5.10. The molecule has 0 bridgehead atoms. The van der Waals surface area contributed by atoms with Gasteiger partial charge in [0.25, 0.3) is 0 Å². The Morgan fingerprint density at radius 2 is 1.95 bits per heavy atom. The van der Waals surface area contributed by atoms with E-state index in [0.717, 1.165) is 11.1 Å². The average molecular weight is 343 g/mol. The van der Waals surface area contributed by atoms with Gasteiger partial charge >= 0.3 is 0 Å². The van der Waals surface area contributed by atoms with Crippen LogP contribution < -0.4 is 0 Å². The summed E-state index contributed by atoms with van der Waals surface area (Å²) in [6.07, 6.45) is 1.59. The largest absolute Gasteiger partial charge is 0.391 e. The van der Waals surface area contributed by atoms with E-state index in [1.807, 2.05) is 12.1 Å². The average Bonchev–Trinajstić information content (AvgIpc) is 2.41. The van der Waals surface area contributed by atoms with Gasteiger partial charge in [-0.05, 0) is 51.3 Å². The lowest BCUT2D eigenvalue weighted by Crippen LogP contribution is -1.89. The first-order chi connectivity index (χ1) is 9.15. The van der Waals surface area contributed by atoms with Crippen LogP contribution in [0.1, 0.15) is 11.1 Å². The van der Waals surface area contributed by atoms with E-state index in [4.69, 9.17) is 16.4 Å². The van der Waals surface area contributed by atoms with E-state index >= 15 is 0 Å². The Labute approximate surface area is 124 Å². The topological polar surface area (TPSA) is 21.6 Å². The minimum atomic E-state index is -0.298. The van der Waals surface area contributed by atoms with E-state index in [-0.39, 0.29) is 12.4 Å². The molecule has 0 N–H and O–H groups in total. The summed E-state index contributed by atoms with van der Waals surface area (Å²) in [5.41, 5.74) is 1.73. The zero-order valence-electron chi connectivity index (χ0n) is 9.82. The summed E-state index contributed by atoms with van der Waals surface area (Å²) in [6.45, 7) is 0.281. The zero-order valence-corrected chi connectivity index (χ0v) is 12.2. The number of halogens is 3. The Hall–Kier alpha value is -1.39. The summed E-state index contributed by atoms with van der Waals surface area (Å²) >= 11 is 8.89. The SMILES string of the molecule is Fc1ccc(CON=Cc2ccc(Cl)cc2)cc1Br. The van der Waals surface area contributed by atoms with E-state index < -0.39 is 0 Å². The molecule has 2 aromatic rings. The van der Waals surface area contributed by atoms with Gasteiger partial charge in [0.2, 0.25) is 0 Å². The van der Waals surface area contributed by atoms with Crippen LogP contribution in [0.25, 0.3) is 0 Å². The lowest BCUT2D eigenvalue weighted by atomic mass is 10.2. The smallest absolute Gasteiger partial charge is 0.142 e. The molecule has 98 valence electrons. The molecule has 0 saturated carbocycles. The van der Waals surface area contributed by atoms with Crippen LogP contribution in [0.2, 0.25) is 5.02 Å². The minimum Gasteiger partial charge on any atom is -0.391 e. The molecule has 0 unspecified atom stereocenters. The summed E-state index contributed by atoms with van der Waals surface area (Å²) in [7, 11) is 0. The summed E-state index contributed by atoms with van der Waals surface area (Å²) in [4.78, 5) is 5.14. The van der Waals surface area contributed by atoms with Crippen LogP contribution in [0.4, 0.5) is 4.39 Å². The summed E-state index contributed by atoms with van der Waals surface area (Å²) in [6, 6.07) is 11.9. The normalized spacial score (nSPS) is 10.9. The van der Waals surface area contributed by atoms with Crippen molar-refractivity contribution in [3.63, 3.8) is 0 Å². The van der Waals surface area contributed by atoms with E-state index in [2.05, 4.69) is 21.1 Å². The molecule has 0 aliphatic rings. The van der Waals surface area contributed by atoms with Gasteiger partial charge < -0.3 is 4.84 Å². The quantitative estimate of drug-likeness (QED) is 0.578. The third kappa shape index (κ3) is 4.33. The van der Waals surface area contributed by atoms with Gasteiger partial charge in [0.05, 0.1) is 10.7 Å². The fourth-order valence-corrected chi connectivity index (χ4v) is 1.94. The number of rotatable bonds is 4. The Kier molecular flexibility index (Phi) is 4.93. The van der Waals surface area contributed by atoms with Gasteiger partial charge in [0, 0.05) is 5.02 Å². The first-order valence-electron chi connectivity index (χ1n) is 5.50. The molecular weight excluding hydrogens is 333 g/mol. The Balaban J connectivity index is 1.89. The first kappa shape index (κ1) is 14.0. The monoisotopic (exact) mass is 341 g/mol. The molecule has 0 fully saturated rings. The van der Waals surface area contributed by atoms with E-state index in [1.54, 1.807) is 30.5 Å². The molecule has 19 heavy (non-hydrogen) atoms. The van der Waals surface area contributed by atoms with Crippen molar-refractivity contribution < 1.29 is 9.23 Å². The second kappa shape index (κ2) is 6.68. The van der Waals surface area contributed by atoms with E-state index in [9.17, 15) is 4.39 Å². The number of hydrogen-bond donors (Lipinski definition) is 0. The van der Waals surface area contributed by atoms with Gasteiger partial charge in [-0.25, -0.2) is 4.39 Å². The van der Waals surface area contributed by atoms with Crippen LogP contribution in [-0.4, -0.2) is 6.21 Å². The van der Waals surface area contributed by atoms with Gasteiger partial charge in [-0.15, -0.1) is 0 Å². The van der Waals surface area contributed by atoms with E-state index in [0.29, 0.717) is 9.50 Å². The van der Waals surface area contributed by atoms with Gasteiger partial charge in [-0.2, -0.15) is 0 Å². The van der Waals surface area contributed by atoms with Crippen LogP contribution in [0.5, 0.6) is 0 Å². The predicted octanol–water partition coefficient (Wildman–Crippen LogP) is 4.79. The van der Waals surface area contributed by atoms with Crippen molar-refractivity contribution in [2.75, 3.05) is 0 Å². The molecule has 0 saturated heterocycles. The number of hydrogen-bond acceptors (Lipinski definition) is 2. The number of nitrogens with zero attached hydrogens (tertiary/aromatic N) is 1. The third-order valence-electron chi connectivity index (χ3n) is 2.36. The molecule has 2 rings (SSSR count). The van der Waals surface area contributed by atoms with Crippen molar-refractivity contribution in [3.05, 3.63) is 68.9 Å². The van der Waals surface area contributed by atoms with Crippen LogP contribution in [0.15, 0.2) is 52.1 Å². The summed E-state index contributed by atoms with van der Waals surface area (Å²) < 4.78 is 13.4. The maximum atomic E-state index is 13.0. The highest BCUT2D eigenvalue weighted by Gasteiger charge is 2.00. The van der Waals surface area contributed by atoms with Crippen molar-refractivity contribution in [1.29, 1.82) is 0 Å². The second-order valence-electron chi connectivity index (χ2n) is 3.81. The fraction of sp³-hybridized carbons (Fsp3) is 0.0714. The summed E-state index contributed by atoms with van der Waals surface area (Å²) in [5, 5.41) is 4.52. The molecule has 0 aliphatic carbocycles. The predicted molar refractivity (Wildman–Crippen MR) is 77.9 cm³/mol. The summed E-state index contributed by atoms with van der Waals surface area (Å²) in [5.74, 6) is -0.298. The highest BCUT2D eigenvalue weighted by Crippen LogP contribution is 2.17. The molecule has 0 spiro atoms. The Bertz CT molecular complexity index is 586. The molecule has 0 aliphatic heterocycles. The van der Waals surface area contributed by atoms with Crippen molar-refractivity contribution in [1.82, 2.24) is 0 Å². The van der Waals surface area contributed by atoms with Crippen molar-refractivity contribution >= 4 is 33.7 Å². The van der Waals surface area contributed by atoms with Crippen molar-refractivity contribution in [2.45, 2.75) is 6.61 Å². The standard InChI is InChI=1S/C14H10BrClFNO/c15-13-7-11(3-6-14(13)17)9-19-18-8-10-1-4-12(16)5-2-10/h1-8H,9H2. The minimum absolute atomic E-state index is 0.281. The molecule has 2 nitrogen and oxygen atoms in total. The van der Waals surface area contributed by atoms with Gasteiger partial charge in [0.15, 0.2) is 0 Å². The maximum Gasteiger partial charge on any atom is 0.142 e. The molecule has 0 radical (unpaired) electrons. The maximum absolute atomic E-state index is 13.0. The third-order valence-corrected chi connectivity index (χ3v) is 3.22. The van der Waals surface area contributed by atoms with Crippen molar-refractivity contribution in [3.8, 4) is 0 Å². The van der Waals surface area contributed by atoms with Crippen LogP contribution in [0.3, 0.4) is 0 Å². The molecular formula is C14H10BrClFNO. The zero-order chi connectivity index (χ0) is 13.7.